The Morgan fingerprint density at radius 3 is 2.46 bits per heavy atom. The lowest BCUT2D eigenvalue weighted by Crippen LogP contribution is -2.38. The largest absolute Gasteiger partial charge is 0.496 e. The molecule has 39 heavy (non-hydrogen) atoms. The van der Waals surface area contributed by atoms with Crippen molar-refractivity contribution in [2.45, 2.75) is 49.2 Å². The van der Waals surface area contributed by atoms with Crippen molar-refractivity contribution in [2.75, 3.05) is 12.4 Å². The van der Waals surface area contributed by atoms with Crippen molar-refractivity contribution >= 4 is 37.6 Å². The summed E-state index contributed by atoms with van der Waals surface area (Å²) in [5.41, 5.74) is 2.57. The number of fused-ring (bicyclic) bond motifs is 2. The monoisotopic (exact) mass is 540 g/mol. The minimum absolute atomic E-state index is 0.283. The number of aromatic nitrogens is 2. The maximum Gasteiger partial charge on any atom is 0.268 e. The zero-order valence-corrected chi connectivity index (χ0v) is 22.7. The fourth-order valence-electron chi connectivity index (χ4n) is 5.62. The van der Waals surface area contributed by atoms with Crippen LogP contribution in [0.2, 0.25) is 0 Å². The molecule has 200 valence electrons. The first-order chi connectivity index (χ1) is 19.0. The summed E-state index contributed by atoms with van der Waals surface area (Å²) in [7, 11) is -2.00. The van der Waals surface area contributed by atoms with Gasteiger partial charge in [-0.3, -0.25) is 0 Å². The highest BCUT2D eigenvalue weighted by Crippen LogP contribution is 2.30. The number of hydrogen-bond donors (Lipinski definition) is 2. The van der Waals surface area contributed by atoms with Crippen LogP contribution in [-0.2, 0) is 16.6 Å². The molecule has 0 saturated heterocycles. The highest BCUT2D eigenvalue weighted by molar-refractivity contribution is 7.90. The Hall–Kier alpha value is -3.88. The van der Waals surface area contributed by atoms with Gasteiger partial charge in [-0.15, -0.1) is 0 Å². The number of hydrogen-bond acceptors (Lipinski definition) is 6. The smallest absolute Gasteiger partial charge is 0.268 e. The lowest BCUT2D eigenvalue weighted by molar-refractivity contribution is 0.350. The lowest BCUT2D eigenvalue weighted by atomic mass is 9.90. The van der Waals surface area contributed by atoms with Crippen LogP contribution in [0.1, 0.15) is 31.2 Å². The molecule has 8 heteroatoms. The van der Waals surface area contributed by atoms with Gasteiger partial charge in [-0.1, -0.05) is 48.5 Å². The number of benzene rings is 3. The molecule has 1 aliphatic rings. The molecule has 0 radical (unpaired) electrons. The molecule has 0 aliphatic heterocycles. The van der Waals surface area contributed by atoms with Crippen molar-refractivity contribution in [1.82, 2.24) is 14.3 Å². The third kappa shape index (κ3) is 5.10. The van der Waals surface area contributed by atoms with Crippen LogP contribution in [0.3, 0.4) is 0 Å². The second kappa shape index (κ2) is 10.7. The van der Waals surface area contributed by atoms with Gasteiger partial charge in [0.25, 0.3) is 10.0 Å². The van der Waals surface area contributed by atoms with E-state index in [2.05, 4.69) is 10.6 Å². The van der Waals surface area contributed by atoms with Gasteiger partial charge in [0, 0.05) is 41.7 Å². The molecule has 0 amide bonds. The summed E-state index contributed by atoms with van der Waals surface area (Å²) in [5, 5.41) is 9.29. The summed E-state index contributed by atoms with van der Waals surface area (Å²) in [5.74, 6) is 1.64. The highest BCUT2D eigenvalue weighted by Gasteiger charge is 2.24. The maximum atomic E-state index is 13.4. The Morgan fingerprint density at radius 1 is 0.923 bits per heavy atom. The van der Waals surface area contributed by atoms with Gasteiger partial charge in [-0.2, -0.15) is 0 Å². The molecule has 0 spiro atoms. The van der Waals surface area contributed by atoms with Gasteiger partial charge in [0.05, 0.1) is 23.0 Å². The van der Waals surface area contributed by atoms with E-state index in [0.29, 0.717) is 18.1 Å². The zero-order chi connectivity index (χ0) is 26.8. The van der Waals surface area contributed by atoms with E-state index in [4.69, 9.17) is 9.72 Å². The predicted octanol–water partition coefficient (Wildman–Crippen LogP) is 5.95. The Labute approximate surface area is 228 Å². The summed E-state index contributed by atoms with van der Waals surface area (Å²) in [6, 6.07) is 26.9. The van der Waals surface area contributed by atoms with E-state index >= 15 is 0 Å². The van der Waals surface area contributed by atoms with Crippen molar-refractivity contribution in [3.63, 3.8) is 0 Å². The number of nitrogens with one attached hydrogen (secondary N) is 2. The van der Waals surface area contributed by atoms with Crippen molar-refractivity contribution < 1.29 is 13.2 Å². The van der Waals surface area contributed by atoms with Gasteiger partial charge < -0.3 is 15.4 Å². The molecule has 6 rings (SSSR count). The summed E-state index contributed by atoms with van der Waals surface area (Å²) in [6.45, 7) is 0.595. The SMILES string of the molecule is COc1cc(NC2CCCC(NCc3cn(S(=O)(=O)c4ccccc4)c4ccccc34)C2)nc2ccccc12. The summed E-state index contributed by atoms with van der Waals surface area (Å²) in [4.78, 5) is 5.09. The Bertz CT molecular complexity index is 1720. The molecular formula is C31H32N4O3S. The van der Waals surface area contributed by atoms with Crippen LogP contribution in [0.15, 0.2) is 96.0 Å². The fraction of sp³-hybridized carbons (Fsp3) is 0.258. The summed E-state index contributed by atoms with van der Waals surface area (Å²) in [6.07, 6.45) is 5.98. The van der Waals surface area contributed by atoms with E-state index in [1.54, 1.807) is 37.6 Å². The molecule has 0 bridgehead atoms. The predicted molar refractivity (Wildman–Crippen MR) is 156 cm³/mol. The van der Waals surface area contributed by atoms with E-state index in [1.165, 1.54) is 3.97 Å². The molecule has 1 saturated carbocycles. The first-order valence-electron chi connectivity index (χ1n) is 13.4. The van der Waals surface area contributed by atoms with E-state index in [1.807, 2.05) is 60.7 Å². The third-order valence-electron chi connectivity index (χ3n) is 7.57. The molecule has 2 N–H and O–H groups in total. The molecule has 5 aromatic rings. The van der Waals surface area contributed by atoms with Crippen molar-refractivity contribution in [1.29, 1.82) is 0 Å². The Morgan fingerprint density at radius 2 is 1.64 bits per heavy atom. The van der Waals surface area contributed by atoms with Gasteiger partial charge in [0.1, 0.15) is 11.6 Å². The van der Waals surface area contributed by atoms with Crippen LogP contribution < -0.4 is 15.4 Å². The van der Waals surface area contributed by atoms with Crippen molar-refractivity contribution in [3.05, 3.63) is 96.7 Å². The van der Waals surface area contributed by atoms with Gasteiger partial charge in [-0.25, -0.2) is 17.4 Å². The average Bonchev–Trinajstić information content (AvgIpc) is 3.36. The van der Waals surface area contributed by atoms with Gasteiger partial charge >= 0.3 is 0 Å². The standard InChI is InChI=1S/C31H32N4O3S/c1-38-30-19-31(34-28-16-7-5-15-27(28)30)33-24-11-9-10-23(18-24)32-20-22-21-35(29-17-8-6-14-26(22)29)39(36,37)25-12-3-2-4-13-25/h2-8,12-17,19,21,23-24,32H,9-11,18,20H2,1H3,(H,33,34). The van der Waals surface area contributed by atoms with Gasteiger partial charge in [-0.05, 0) is 61.6 Å². The topological polar surface area (TPSA) is 85.2 Å². The molecule has 1 aliphatic carbocycles. The number of para-hydroxylation sites is 2. The van der Waals surface area contributed by atoms with Crippen LogP contribution in [-0.4, -0.2) is 36.6 Å². The number of rotatable bonds is 8. The Balaban J connectivity index is 1.18. The second-order valence-corrected chi connectivity index (χ2v) is 11.9. The normalized spacial score (nSPS) is 17.9. The van der Waals surface area contributed by atoms with Crippen molar-refractivity contribution in [2.24, 2.45) is 0 Å². The quantitative estimate of drug-likeness (QED) is 0.253. The van der Waals surface area contributed by atoms with E-state index in [9.17, 15) is 8.42 Å². The number of methoxy groups -OCH3 is 1. The van der Waals surface area contributed by atoms with Crippen LogP contribution in [0, 0.1) is 0 Å². The first kappa shape index (κ1) is 25.4. The molecule has 7 nitrogen and oxygen atoms in total. The number of anilines is 1. The minimum atomic E-state index is -3.69. The molecule has 3 aromatic carbocycles. The minimum Gasteiger partial charge on any atom is -0.496 e. The molecular weight excluding hydrogens is 508 g/mol. The molecule has 2 aromatic heterocycles. The number of nitrogens with zero attached hydrogens (tertiary/aromatic N) is 2. The second-order valence-electron chi connectivity index (χ2n) is 10.1. The van der Waals surface area contributed by atoms with Crippen molar-refractivity contribution in [3.8, 4) is 5.75 Å². The van der Waals surface area contributed by atoms with E-state index in [0.717, 1.165) is 59.1 Å². The average molecular weight is 541 g/mol. The lowest BCUT2D eigenvalue weighted by Gasteiger charge is -2.31. The third-order valence-corrected chi connectivity index (χ3v) is 9.25. The van der Waals surface area contributed by atoms with Crippen LogP contribution in [0.4, 0.5) is 5.82 Å². The number of ether oxygens (including phenoxy) is 1. The molecule has 2 heterocycles. The van der Waals surface area contributed by atoms with Gasteiger partial charge in [0.2, 0.25) is 0 Å². The summed E-state index contributed by atoms with van der Waals surface area (Å²) >= 11 is 0. The van der Waals surface area contributed by atoms with Crippen LogP contribution in [0.25, 0.3) is 21.8 Å². The Kier molecular flexibility index (Phi) is 6.97. The van der Waals surface area contributed by atoms with E-state index < -0.39 is 10.0 Å². The van der Waals surface area contributed by atoms with Gasteiger partial charge in [0.15, 0.2) is 0 Å². The zero-order valence-electron chi connectivity index (χ0n) is 21.9. The van der Waals surface area contributed by atoms with E-state index in [-0.39, 0.29) is 10.9 Å². The maximum absolute atomic E-state index is 13.4. The van der Waals surface area contributed by atoms with Crippen LogP contribution in [0.5, 0.6) is 5.75 Å². The molecule has 1 fully saturated rings. The summed E-state index contributed by atoms with van der Waals surface area (Å²) < 4.78 is 33.9. The van der Waals surface area contributed by atoms with Crippen LogP contribution >= 0.6 is 0 Å². The first-order valence-corrected chi connectivity index (χ1v) is 14.8. The number of pyridine rings is 1. The molecule has 2 atom stereocenters. The highest BCUT2D eigenvalue weighted by atomic mass is 32.2. The fourth-order valence-corrected chi connectivity index (χ4v) is 7.03. The molecule has 2 unspecified atom stereocenters.